The number of unbranched alkanes of at least 4 members (excludes halogenated alkanes) is 3. The van der Waals surface area contributed by atoms with Gasteiger partial charge in [0.25, 0.3) is 11.6 Å². The van der Waals surface area contributed by atoms with Crippen molar-refractivity contribution in [1.29, 1.82) is 0 Å². The lowest BCUT2D eigenvalue weighted by atomic mass is 10.2. The molecule has 1 amide bonds. The highest BCUT2D eigenvalue weighted by Gasteiger charge is 2.14. The number of phenolic OH excluding ortho intramolecular Hbond substituents is 1. The number of carbonyl (C=O) groups is 1. The van der Waals surface area contributed by atoms with E-state index in [2.05, 4.69) is 33.5 Å². The van der Waals surface area contributed by atoms with Gasteiger partial charge in [-0.3, -0.25) is 20.2 Å². The first kappa shape index (κ1) is 23.6. The number of carbonyl (C=O) groups excluding carboxylic acids is 1. The van der Waals surface area contributed by atoms with Gasteiger partial charge in [0.1, 0.15) is 11.5 Å². The summed E-state index contributed by atoms with van der Waals surface area (Å²) in [6, 6.07) is 8.46. The monoisotopic (exact) mass is 495 g/mol. The van der Waals surface area contributed by atoms with Gasteiger partial charge in [0.2, 0.25) is 0 Å². The van der Waals surface area contributed by atoms with Gasteiger partial charge in [0.15, 0.2) is 5.11 Å². The number of benzene rings is 2. The van der Waals surface area contributed by atoms with Crippen LogP contribution in [0.15, 0.2) is 40.9 Å². The number of rotatable bonds is 9. The summed E-state index contributed by atoms with van der Waals surface area (Å²) in [5, 5.41) is 25.7. The Morgan fingerprint density at radius 3 is 2.63 bits per heavy atom. The van der Waals surface area contributed by atoms with E-state index in [9.17, 15) is 20.0 Å². The molecule has 160 valence electrons. The van der Waals surface area contributed by atoms with Gasteiger partial charge in [0.05, 0.1) is 27.8 Å². The third-order valence-electron chi connectivity index (χ3n) is 4.12. The molecule has 10 heteroatoms. The number of ether oxygens (including phenoxy) is 1. The SMILES string of the molecule is CCCCCCOc1ccc(C(=O)NC(=S)Nc2ccc([N+](=O)[O-])cc2O)cc1Br. The van der Waals surface area contributed by atoms with Crippen molar-refractivity contribution in [3.8, 4) is 11.5 Å². The quantitative estimate of drug-likeness (QED) is 0.145. The molecule has 0 saturated carbocycles. The van der Waals surface area contributed by atoms with Crippen LogP contribution >= 0.6 is 28.1 Å². The van der Waals surface area contributed by atoms with Crippen LogP contribution in [0.5, 0.6) is 11.5 Å². The fraction of sp³-hybridized carbons (Fsp3) is 0.300. The zero-order valence-corrected chi connectivity index (χ0v) is 18.7. The van der Waals surface area contributed by atoms with Crippen molar-refractivity contribution in [2.24, 2.45) is 0 Å². The number of nitro benzene ring substituents is 1. The van der Waals surface area contributed by atoms with Crippen molar-refractivity contribution in [2.45, 2.75) is 32.6 Å². The molecule has 0 spiro atoms. The summed E-state index contributed by atoms with van der Waals surface area (Å²) >= 11 is 8.49. The largest absolute Gasteiger partial charge is 0.506 e. The fourth-order valence-corrected chi connectivity index (χ4v) is 3.23. The number of halogens is 1. The molecule has 0 aliphatic carbocycles. The average Bonchev–Trinajstić information content (AvgIpc) is 2.70. The van der Waals surface area contributed by atoms with Gasteiger partial charge >= 0.3 is 0 Å². The first-order valence-electron chi connectivity index (χ1n) is 9.34. The number of anilines is 1. The Bertz CT molecular complexity index is 939. The summed E-state index contributed by atoms with van der Waals surface area (Å²) in [7, 11) is 0. The van der Waals surface area contributed by atoms with E-state index in [0.29, 0.717) is 22.4 Å². The molecular weight excluding hydrogens is 474 g/mol. The second kappa shape index (κ2) is 11.5. The van der Waals surface area contributed by atoms with Crippen molar-refractivity contribution in [1.82, 2.24) is 5.32 Å². The lowest BCUT2D eigenvalue weighted by molar-refractivity contribution is -0.384. The first-order chi connectivity index (χ1) is 14.3. The van der Waals surface area contributed by atoms with Crippen LogP contribution in [0.4, 0.5) is 11.4 Å². The third-order valence-corrected chi connectivity index (χ3v) is 4.94. The number of amides is 1. The van der Waals surface area contributed by atoms with E-state index in [1.165, 1.54) is 18.6 Å². The van der Waals surface area contributed by atoms with Crippen LogP contribution in [-0.2, 0) is 0 Å². The Hall–Kier alpha value is -2.72. The molecule has 0 aliphatic heterocycles. The van der Waals surface area contributed by atoms with Crippen LogP contribution in [0, 0.1) is 10.1 Å². The predicted octanol–water partition coefficient (Wildman–Crippen LogP) is 5.15. The molecule has 30 heavy (non-hydrogen) atoms. The van der Waals surface area contributed by atoms with Crippen LogP contribution < -0.4 is 15.4 Å². The Kier molecular flexibility index (Phi) is 9.00. The van der Waals surface area contributed by atoms with Gasteiger partial charge in [-0.1, -0.05) is 26.2 Å². The van der Waals surface area contributed by atoms with Crippen molar-refractivity contribution in [2.75, 3.05) is 11.9 Å². The Morgan fingerprint density at radius 1 is 1.23 bits per heavy atom. The van der Waals surface area contributed by atoms with E-state index >= 15 is 0 Å². The fourth-order valence-electron chi connectivity index (χ4n) is 2.54. The van der Waals surface area contributed by atoms with E-state index in [-0.39, 0.29) is 22.2 Å². The minimum absolute atomic E-state index is 0.0588. The van der Waals surface area contributed by atoms with Gasteiger partial charge in [0, 0.05) is 11.6 Å². The van der Waals surface area contributed by atoms with Gasteiger partial charge in [-0.25, -0.2) is 0 Å². The highest BCUT2D eigenvalue weighted by atomic mass is 79.9. The summed E-state index contributed by atoms with van der Waals surface area (Å²) in [5.74, 6) is -0.160. The molecule has 0 heterocycles. The summed E-state index contributed by atoms with van der Waals surface area (Å²) < 4.78 is 6.38. The van der Waals surface area contributed by atoms with Crippen molar-refractivity contribution in [3.63, 3.8) is 0 Å². The molecule has 0 aliphatic rings. The van der Waals surface area contributed by atoms with Crippen LogP contribution in [0.3, 0.4) is 0 Å². The molecule has 0 atom stereocenters. The zero-order valence-electron chi connectivity index (χ0n) is 16.3. The molecule has 8 nitrogen and oxygen atoms in total. The zero-order chi connectivity index (χ0) is 22.1. The summed E-state index contributed by atoms with van der Waals surface area (Å²) in [4.78, 5) is 22.5. The minimum atomic E-state index is -0.625. The van der Waals surface area contributed by atoms with E-state index in [1.807, 2.05) is 0 Å². The molecule has 2 rings (SSSR count). The number of thiocarbonyl (C=S) groups is 1. The number of nitrogens with one attached hydrogen (secondary N) is 2. The standard InChI is InChI=1S/C20H22BrN3O5S/c1-2-3-4-5-10-29-18-9-6-13(11-15(18)21)19(26)23-20(30)22-16-8-7-14(24(27)28)12-17(16)25/h6-9,11-12,25H,2-5,10H2,1H3,(H2,22,23,26,30). The number of nitro groups is 1. The molecular formula is C20H22BrN3O5S. The highest BCUT2D eigenvalue weighted by Crippen LogP contribution is 2.28. The molecule has 0 radical (unpaired) electrons. The maximum absolute atomic E-state index is 12.4. The number of nitrogens with zero attached hydrogens (tertiary/aromatic N) is 1. The van der Waals surface area contributed by atoms with Gasteiger partial charge in [-0.05, 0) is 58.8 Å². The van der Waals surface area contributed by atoms with E-state index in [4.69, 9.17) is 17.0 Å². The summed E-state index contributed by atoms with van der Waals surface area (Å²) in [5.41, 5.74) is 0.238. The van der Waals surface area contributed by atoms with E-state index < -0.39 is 10.8 Å². The van der Waals surface area contributed by atoms with Gasteiger partial charge < -0.3 is 15.2 Å². The predicted molar refractivity (Wildman–Crippen MR) is 122 cm³/mol. The smallest absolute Gasteiger partial charge is 0.273 e. The van der Waals surface area contributed by atoms with Crippen LogP contribution in [0.25, 0.3) is 0 Å². The molecule has 2 aromatic rings. The molecule has 0 saturated heterocycles. The molecule has 0 unspecified atom stereocenters. The van der Waals surface area contributed by atoms with Crippen LogP contribution in [0.2, 0.25) is 0 Å². The lowest BCUT2D eigenvalue weighted by Crippen LogP contribution is -2.34. The van der Waals surface area contributed by atoms with Gasteiger partial charge in [-0.15, -0.1) is 0 Å². The molecule has 2 aromatic carbocycles. The Balaban J connectivity index is 1.93. The number of non-ortho nitro benzene ring substituents is 1. The maximum atomic E-state index is 12.4. The summed E-state index contributed by atoms with van der Waals surface area (Å²) in [6.07, 6.45) is 4.42. The molecule has 0 bridgehead atoms. The average molecular weight is 496 g/mol. The van der Waals surface area contributed by atoms with E-state index in [1.54, 1.807) is 18.2 Å². The lowest BCUT2D eigenvalue weighted by Gasteiger charge is -2.12. The second-order valence-corrected chi connectivity index (χ2v) is 7.68. The maximum Gasteiger partial charge on any atom is 0.273 e. The van der Waals surface area contributed by atoms with Gasteiger partial charge in [-0.2, -0.15) is 0 Å². The minimum Gasteiger partial charge on any atom is -0.506 e. The van der Waals surface area contributed by atoms with Crippen molar-refractivity contribution < 1.29 is 19.6 Å². The summed E-state index contributed by atoms with van der Waals surface area (Å²) in [6.45, 7) is 2.76. The van der Waals surface area contributed by atoms with Crippen molar-refractivity contribution in [3.05, 3.63) is 56.5 Å². The Labute approximate surface area is 187 Å². The Morgan fingerprint density at radius 2 is 2.00 bits per heavy atom. The first-order valence-corrected chi connectivity index (χ1v) is 10.5. The topological polar surface area (TPSA) is 114 Å². The number of hydrogen-bond donors (Lipinski definition) is 3. The molecule has 3 N–H and O–H groups in total. The third kappa shape index (κ3) is 6.96. The van der Waals surface area contributed by atoms with E-state index in [0.717, 1.165) is 25.3 Å². The number of aromatic hydroxyl groups is 1. The second-order valence-electron chi connectivity index (χ2n) is 6.42. The normalized spacial score (nSPS) is 10.3. The highest BCUT2D eigenvalue weighted by molar-refractivity contribution is 9.10. The number of hydrogen-bond acceptors (Lipinski definition) is 6. The molecule has 0 aromatic heterocycles. The molecule has 0 fully saturated rings. The van der Waals surface area contributed by atoms with Crippen molar-refractivity contribution >= 4 is 50.5 Å². The number of phenols is 1. The van der Waals surface area contributed by atoms with Crippen LogP contribution in [0.1, 0.15) is 43.0 Å². The van der Waals surface area contributed by atoms with Crippen LogP contribution in [-0.4, -0.2) is 27.7 Å².